The highest BCUT2D eigenvalue weighted by molar-refractivity contribution is 7.89. The van der Waals surface area contributed by atoms with E-state index in [4.69, 9.17) is 5.26 Å². The maximum atomic E-state index is 12.5. The Morgan fingerprint density at radius 2 is 2.14 bits per heavy atom. The van der Waals surface area contributed by atoms with Gasteiger partial charge < -0.3 is 9.80 Å². The summed E-state index contributed by atoms with van der Waals surface area (Å²) in [5.74, 6) is 0. The van der Waals surface area contributed by atoms with Crippen molar-refractivity contribution in [2.24, 2.45) is 0 Å². The van der Waals surface area contributed by atoms with Crippen LogP contribution in [0.4, 0.5) is 5.69 Å². The minimum Gasteiger partial charge on any atom is -0.378 e. The number of nitrogens with one attached hydrogen (secondary N) is 1. The SMILES string of the molecule is Cc1ccc(N(C)C)cc1S(=O)(=O)NC1CCN(C#N)C1. The number of sulfonamides is 1. The molecule has 0 aliphatic carbocycles. The van der Waals surface area contributed by atoms with Gasteiger partial charge in [-0.3, -0.25) is 0 Å². The summed E-state index contributed by atoms with van der Waals surface area (Å²) in [5, 5.41) is 8.83. The van der Waals surface area contributed by atoms with Gasteiger partial charge in [-0.15, -0.1) is 0 Å². The predicted octanol–water partition coefficient (Wildman–Crippen LogP) is 0.895. The number of nitriles is 1. The van der Waals surface area contributed by atoms with Crippen molar-refractivity contribution in [3.63, 3.8) is 0 Å². The Morgan fingerprint density at radius 1 is 1.43 bits per heavy atom. The average Bonchev–Trinajstić information content (AvgIpc) is 2.85. The van der Waals surface area contributed by atoms with Crippen LogP contribution in [0.5, 0.6) is 0 Å². The summed E-state index contributed by atoms with van der Waals surface area (Å²) in [4.78, 5) is 3.73. The maximum Gasteiger partial charge on any atom is 0.241 e. The first kappa shape index (κ1) is 15.6. The fraction of sp³-hybridized carbons (Fsp3) is 0.500. The van der Waals surface area contributed by atoms with Gasteiger partial charge in [0, 0.05) is 38.9 Å². The molecule has 1 aliphatic rings. The van der Waals surface area contributed by atoms with E-state index in [9.17, 15) is 8.42 Å². The smallest absolute Gasteiger partial charge is 0.241 e. The Hall–Kier alpha value is -1.78. The van der Waals surface area contributed by atoms with Crippen LogP contribution >= 0.6 is 0 Å². The van der Waals surface area contributed by atoms with Gasteiger partial charge in [0.2, 0.25) is 10.0 Å². The predicted molar refractivity (Wildman–Crippen MR) is 81.4 cm³/mol. The van der Waals surface area contributed by atoms with Crippen LogP contribution < -0.4 is 9.62 Å². The second kappa shape index (κ2) is 5.92. The monoisotopic (exact) mass is 308 g/mol. The molecule has 0 amide bonds. The van der Waals surface area contributed by atoms with Crippen LogP contribution in [0.25, 0.3) is 0 Å². The molecule has 1 atom stereocenters. The second-order valence-electron chi connectivity index (χ2n) is 5.50. The van der Waals surface area contributed by atoms with Gasteiger partial charge >= 0.3 is 0 Å². The summed E-state index contributed by atoms with van der Waals surface area (Å²) in [6.07, 6.45) is 2.70. The zero-order chi connectivity index (χ0) is 15.6. The Morgan fingerprint density at radius 3 is 2.71 bits per heavy atom. The summed E-state index contributed by atoms with van der Waals surface area (Å²) in [6.45, 7) is 2.81. The number of nitrogens with zero attached hydrogens (tertiary/aromatic N) is 3. The van der Waals surface area contributed by atoms with Crippen molar-refractivity contribution < 1.29 is 8.42 Å². The minimum absolute atomic E-state index is 0.211. The van der Waals surface area contributed by atoms with E-state index in [1.165, 1.54) is 0 Å². The number of anilines is 1. The number of hydrogen-bond donors (Lipinski definition) is 1. The quantitative estimate of drug-likeness (QED) is 0.836. The van der Waals surface area contributed by atoms with Gasteiger partial charge in [-0.25, -0.2) is 13.1 Å². The van der Waals surface area contributed by atoms with E-state index >= 15 is 0 Å². The number of benzene rings is 1. The van der Waals surface area contributed by atoms with Gasteiger partial charge in [0.1, 0.15) is 0 Å². The molecule has 0 spiro atoms. The fourth-order valence-corrected chi connectivity index (χ4v) is 3.91. The lowest BCUT2D eigenvalue weighted by molar-refractivity contribution is 0.470. The van der Waals surface area contributed by atoms with Gasteiger partial charge in [0.05, 0.1) is 4.90 Å². The van der Waals surface area contributed by atoms with Gasteiger partial charge in [0.15, 0.2) is 6.19 Å². The highest BCUT2D eigenvalue weighted by Crippen LogP contribution is 2.22. The normalized spacial score (nSPS) is 18.6. The molecular weight excluding hydrogens is 288 g/mol. The first-order chi connectivity index (χ1) is 9.83. The Labute approximate surface area is 126 Å². The van der Waals surface area contributed by atoms with Crippen LogP contribution in [0.3, 0.4) is 0 Å². The van der Waals surface area contributed by atoms with Crippen LogP contribution in [-0.2, 0) is 10.0 Å². The van der Waals surface area contributed by atoms with Gasteiger partial charge in [-0.05, 0) is 31.0 Å². The van der Waals surface area contributed by atoms with Crippen molar-refractivity contribution in [3.8, 4) is 6.19 Å². The van der Waals surface area contributed by atoms with Crippen molar-refractivity contribution in [3.05, 3.63) is 23.8 Å². The number of hydrogen-bond acceptors (Lipinski definition) is 5. The van der Waals surface area contributed by atoms with E-state index in [-0.39, 0.29) is 6.04 Å². The van der Waals surface area contributed by atoms with Crippen molar-refractivity contribution in [2.45, 2.75) is 24.3 Å². The van der Waals surface area contributed by atoms with Crippen molar-refractivity contribution in [2.75, 3.05) is 32.1 Å². The topological polar surface area (TPSA) is 76.4 Å². The lowest BCUT2D eigenvalue weighted by atomic mass is 10.2. The zero-order valence-electron chi connectivity index (χ0n) is 12.5. The van der Waals surface area contributed by atoms with Crippen LogP contribution in [0, 0.1) is 18.4 Å². The summed E-state index contributed by atoms with van der Waals surface area (Å²) in [5.41, 5.74) is 1.55. The molecule has 0 radical (unpaired) electrons. The third-order valence-corrected chi connectivity index (χ3v) is 5.29. The largest absolute Gasteiger partial charge is 0.378 e. The summed E-state index contributed by atoms with van der Waals surface area (Å²) in [6, 6.07) is 5.16. The van der Waals surface area contributed by atoms with E-state index in [1.54, 1.807) is 24.0 Å². The molecule has 0 aromatic heterocycles. The average molecular weight is 308 g/mol. The molecule has 114 valence electrons. The number of aryl methyl sites for hydroxylation is 1. The molecule has 7 heteroatoms. The first-order valence-electron chi connectivity index (χ1n) is 6.78. The number of likely N-dealkylation sites (tertiary alicyclic amines) is 1. The van der Waals surface area contributed by atoms with Crippen molar-refractivity contribution in [1.29, 1.82) is 5.26 Å². The van der Waals surface area contributed by atoms with Crippen molar-refractivity contribution >= 4 is 15.7 Å². The van der Waals surface area contributed by atoms with Crippen LogP contribution in [0.2, 0.25) is 0 Å². The molecule has 2 rings (SSSR count). The molecule has 1 aromatic carbocycles. The standard InChI is InChI=1S/C14H20N4O2S/c1-11-4-5-13(17(2)3)8-14(11)21(19,20)16-12-6-7-18(9-12)10-15/h4-5,8,12,16H,6-7,9H2,1-3H3. The molecule has 1 heterocycles. The van der Waals surface area contributed by atoms with Gasteiger partial charge in [-0.2, -0.15) is 5.26 Å². The fourth-order valence-electron chi connectivity index (χ4n) is 2.39. The van der Waals surface area contributed by atoms with Gasteiger partial charge in [-0.1, -0.05) is 6.07 Å². The minimum atomic E-state index is -3.57. The van der Waals surface area contributed by atoms with E-state index in [2.05, 4.69) is 4.72 Å². The van der Waals surface area contributed by atoms with Crippen molar-refractivity contribution in [1.82, 2.24) is 9.62 Å². The van der Waals surface area contributed by atoms with Crippen LogP contribution in [0.1, 0.15) is 12.0 Å². The molecule has 1 aromatic rings. The molecule has 1 unspecified atom stereocenters. The van der Waals surface area contributed by atoms with Gasteiger partial charge in [0.25, 0.3) is 0 Å². The van der Waals surface area contributed by atoms with E-state index < -0.39 is 10.0 Å². The Balaban J connectivity index is 2.24. The molecule has 1 N–H and O–H groups in total. The number of rotatable bonds is 4. The van der Waals surface area contributed by atoms with E-state index in [1.807, 2.05) is 31.3 Å². The highest BCUT2D eigenvalue weighted by atomic mass is 32.2. The molecule has 1 aliphatic heterocycles. The third kappa shape index (κ3) is 3.46. The molecule has 1 fully saturated rings. The maximum absolute atomic E-state index is 12.5. The molecule has 6 nitrogen and oxygen atoms in total. The molecule has 0 bridgehead atoms. The van der Waals surface area contributed by atoms with Crippen LogP contribution in [-0.4, -0.2) is 46.5 Å². The first-order valence-corrected chi connectivity index (χ1v) is 8.27. The van der Waals surface area contributed by atoms with E-state index in [0.717, 1.165) is 5.69 Å². The summed E-state index contributed by atoms with van der Waals surface area (Å²) in [7, 11) is 0.168. The lowest BCUT2D eigenvalue weighted by Gasteiger charge is -2.17. The molecule has 21 heavy (non-hydrogen) atoms. The third-order valence-electron chi connectivity index (χ3n) is 3.63. The highest BCUT2D eigenvalue weighted by Gasteiger charge is 2.27. The zero-order valence-corrected chi connectivity index (χ0v) is 13.3. The van der Waals surface area contributed by atoms with E-state index in [0.29, 0.717) is 30.0 Å². The summed E-state index contributed by atoms with van der Waals surface area (Å²) >= 11 is 0. The molecule has 0 saturated carbocycles. The molecule has 1 saturated heterocycles. The lowest BCUT2D eigenvalue weighted by Crippen LogP contribution is -2.36. The van der Waals surface area contributed by atoms with Crippen LogP contribution in [0.15, 0.2) is 23.1 Å². The summed E-state index contributed by atoms with van der Waals surface area (Å²) < 4.78 is 27.8. The molecular formula is C14H20N4O2S. The second-order valence-corrected chi connectivity index (χ2v) is 7.18. The Bertz CT molecular complexity index is 664. The Kier molecular flexibility index (Phi) is 4.40.